The van der Waals surface area contributed by atoms with Crippen LogP contribution in [0.15, 0.2) is 30.3 Å². The first-order valence-electron chi connectivity index (χ1n) is 4.82. The molecule has 72 valence electrons. The molecular formula is C13H14O. The molecule has 14 heavy (non-hydrogen) atoms. The Balaban J connectivity index is 2.23. The highest BCUT2D eigenvalue weighted by atomic mass is 16.1. The second kappa shape index (κ2) is 5.99. The molecule has 0 N–H and O–H groups in total. The van der Waals surface area contributed by atoms with Crippen molar-refractivity contribution in [2.45, 2.75) is 25.7 Å². The Kier molecular flexibility index (Phi) is 4.50. The van der Waals surface area contributed by atoms with Gasteiger partial charge in [0.15, 0.2) is 0 Å². The van der Waals surface area contributed by atoms with E-state index in [1.165, 1.54) is 5.56 Å². The van der Waals surface area contributed by atoms with Crippen molar-refractivity contribution in [2.24, 2.45) is 0 Å². The smallest absolute Gasteiger partial charge is 0.144 e. The zero-order chi connectivity index (χ0) is 10.2. The van der Waals surface area contributed by atoms with Crippen LogP contribution in [0.5, 0.6) is 0 Å². The van der Waals surface area contributed by atoms with Gasteiger partial charge in [-0.15, -0.1) is 6.42 Å². The van der Waals surface area contributed by atoms with Gasteiger partial charge >= 0.3 is 0 Å². The number of hydrogen-bond acceptors (Lipinski definition) is 1. The van der Waals surface area contributed by atoms with Gasteiger partial charge in [0.25, 0.3) is 0 Å². The van der Waals surface area contributed by atoms with Crippen LogP contribution in [0.25, 0.3) is 0 Å². The minimum Gasteiger partial charge on any atom is -0.299 e. The first kappa shape index (κ1) is 10.5. The van der Waals surface area contributed by atoms with Crippen LogP contribution in [0, 0.1) is 12.3 Å². The molecule has 0 amide bonds. The number of carbonyl (C=O) groups excluding carboxylic acids is 1. The third-order valence-electron chi connectivity index (χ3n) is 2.06. The zero-order valence-corrected chi connectivity index (χ0v) is 8.20. The number of rotatable bonds is 5. The topological polar surface area (TPSA) is 17.1 Å². The molecule has 0 saturated heterocycles. The molecule has 0 aliphatic carbocycles. The fraction of sp³-hybridized carbons (Fsp3) is 0.308. The average Bonchev–Trinajstić information content (AvgIpc) is 2.20. The van der Waals surface area contributed by atoms with E-state index in [0.717, 1.165) is 12.8 Å². The van der Waals surface area contributed by atoms with Crippen LogP contribution in [0.4, 0.5) is 0 Å². The highest BCUT2D eigenvalue weighted by molar-refractivity contribution is 5.80. The van der Waals surface area contributed by atoms with Gasteiger partial charge in [-0.05, 0) is 18.4 Å². The third-order valence-corrected chi connectivity index (χ3v) is 2.06. The molecule has 0 aliphatic rings. The van der Waals surface area contributed by atoms with Gasteiger partial charge in [-0.2, -0.15) is 0 Å². The summed E-state index contributed by atoms with van der Waals surface area (Å²) in [5.41, 5.74) is 1.28. The van der Waals surface area contributed by atoms with Crippen LogP contribution >= 0.6 is 0 Å². The maximum absolute atomic E-state index is 11.1. The molecule has 1 aromatic rings. The molecule has 0 bridgehead atoms. The van der Waals surface area contributed by atoms with Gasteiger partial charge in [-0.25, -0.2) is 0 Å². The number of Topliss-reactive ketones (excluding diaryl/α,β-unsaturated/α-hetero) is 1. The summed E-state index contributed by atoms with van der Waals surface area (Å²) >= 11 is 0. The SMILES string of the molecule is C#CCC(=O)CCCc1ccccc1. The Morgan fingerprint density at radius 3 is 2.64 bits per heavy atom. The second-order valence-electron chi connectivity index (χ2n) is 3.26. The highest BCUT2D eigenvalue weighted by Crippen LogP contribution is 2.05. The molecule has 1 heteroatoms. The lowest BCUT2D eigenvalue weighted by atomic mass is 10.1. The zero-order valence-electron chi connectivity index (χ0n) is 8.20. The van der Waals surface area contributed by atoms with Gasteiger partial charge < -0.3 is 0 Å². The molecule has 1 nitrogen and oxygen atoms in total. The number of carbonyl (C=O) groups is 1. The van der Waals surface area contributed by atoms with Crippen molar-refractivity contribution in [1.29, 1.82) is 0 Å². The van der Waals surface area contributed by atoms with Crippen LogP contribution < -0.4 is 0 Å². The molecular weight excluding hydrogens is 172 g/mol. The highest BCUT2D eigenvalue weighted by Gasteiger charge is 1.99. The van der Waals surface area contributed by atoms with E-state index in [4.69, 9.17) is 6.42 Å². The molecule has 0 heterocycles. The van der Waals surface area contributed by atoms with E-state index in [2.05, 4.69) is 18.1 Å². The Hall–Kier alpha value is -1.55. The van der Waals surface area contributed by atoms with Crippen molar-refractivity contribution in [3.63, 3.8) is 0 Å². The molecule has 0 radical (unpaired) electrons. The monoisotopic (exact) mass is 186 g/mol. The molecule has 0 atom stereocenters. The second-order valence-corrected chi connectivity index (χ2v) is 3.26. The molecule has 0 unspecified atom stereocenters. The number of benzene rings is 1. The maximum Gasteiger partial charge on any atom is 0.144 e. The van der Waals surface area contributed by atoms with Gasteiger partial charge in [0, 0.05) is 6.42 Å². The van der Waals surface area contributed by atoms with Gasteiger partial charge in [0.1, 0.15) is 5.78 Å². The van der Waals surface area contributed by atoms with E-state index in [-0.39, 0.29) is 12.2 Å². The van der Waals surface area contributed by atoms with Crippen LogP contribution in [0.3, 0.4) is 0 Å². The Labute approximate surface area is 85.1 Å². The first-order valence-corrected chi connectivity index (χ1v) is 4.82. The predicted octanol–water partition coefficient (Wildman–Crippen LogP) is 2.60. The fourth-order valence-electron chi connectivity index (χ4n) is 1.34. The molecule has 0 saturated carbocycles. The van der Waals surface area contributed by atoms with Gasteiger partial charge in [-0.3, -0.25) is 4.79 Å². The molecule has 0 aliphatic heterocycles. The van der Waals surface area contributed by atoms with E-state index in [9.17, 15) is 4.79 Å². The van der Waals surface area contributed by atoms with Crippen LogP contribution in [-0.2, 0) is 11.2 Å². The van der Waals surface area contributed by atoms with Gasteiger partial charge in [-0.1, -0.05) is 36.3 Å². The van der Waals surface area contributed by atoms with Gasteiger partial charge in [0.05, 0.1) is 6.42 Å². The summed E-state index contributed by atoms with van der Waals surface area (Å²) in [5.74, 6) is 2.54. The van der Waals surface area contributed by atoms with E-state index in [1.807, 2.05) is 18.2 Å². The van der Waals surface area contributed by atoms with Crippen LogP contribution in [0.2, 0.25) is 0 Å². The molecule has 0 aromatic heterocycles. The van der Waals surface area contributed by atoms with Crippen LogP contribution in [0.1, 0.15) is 24.8 Å². The summed E-state index contributed by atoms with van der Waals surface area (Å²) in [6.45, 7) is 0. The Bertz CT molecular complexity index is 319. The summed E-state index contributed by atoms with van der Waals surface area (Å²) in [4.78, 5) is 11.1. The largest absolute Gasteiger partial charge is 0.299 e. The van der Waals surface area contributed by atoms with Crippen molar-refractivity contribution in [3.05, 3.63) is 35.9 Å². The quantitative estimate of drug-likeness (QED) is 0.646. The van der Waals surface area contributed by atoms with Crippen molar-refractivity contribution in [3.8, 4) is 12.3 Å². The summed E-state index contributed by atoms with van der Waals surface area (Å²) in [6, 6.07) is 10.2. The lowest BCUT2D eigenvalue weighted by molar-refractivity contribution is -0.118. The maximum atomic E-state index is 11.1. The minimum absolute atomic E-state index is 0.170. The minimum atomic E-state index is 0.170. The fourth-order valence-corrected chi connectivity index (χ4v) is 1.34. The lowest BCUT2D eigenvalue weighted by Gasteiger charge is -1.99. The van der Waals surface area contributed by atoms with E-state index >= 15 is 0 Å². The summed E-state index contributed by atoms with van der Waals surface area (Å²) in [6.07, 6.45) is 7.76. The molecule has 0 fully saturated rings. The van der Waals surface area contributed by atoms with E-state index < -0.39 is 0 Å². The normalized spacial score (nSPS) is 9.36. The van der Waals surface area contributed by atoms with Crippen molar-refractivity contribution in [2.75, 3.05) is 0 Å². The van der Waals surface area contributed by atoms with Gasteiger partial charge in [0.2, 0.25) is 0 Å². The predicted molar refractivity (Wildman–Crippen MR) is 57.8 cm³/mol. The summed E-state index contributed by atoms with van der Waals surface area (Å²) in [5, 5.41) is 0. The lowest BCUT2D eigenvalue weighted by Crippen LogP contribution is -1.96. The Morgan fingerprint density at radius 1 is 1.29 bits per heavy atom. The summed E-state index contributed by atoms with van der Waals surface area (Å²) < 4.78 is 0. The van der Waals surface area contributed by atoms with Crippen LogP contribution in [-0.4, -0.2) is 5.78 Å². The number of aryl methyl sites for hydroxylation is 1. The van der Waals surface area contributed by atoms with Crippen molar-refractivity contribution < 1.29 is 4.79 Å². The number of ketones is 1. The van der Waals surface area contributed by atoms with E-state index in [0.29, 0.717) is 6.42 Å². The average molecular weight is 186 g/mol. The molecule has 1 aromatic carbocycles. The third kappa shape index (κ3) is 3.91. The summed E-state index contributed by atoms with van der Waals surface area (Å²) in [7, 11) is 0. The van der Waals surface area contributed by atoms with Crippen molar-refractivity contribution >= 4 is 5.78 Å². The first-order chi connectivity index (χ1) is 6.83. The number of hydrogen-bond donors (Lipinski definition) is 0. The van der Waals surface area contributed by atoms with E-state index in [1.54, 1.807) is 0 Å². The molecule has 1 rings (SSSR count). The van der Waals surface area contributed by atoms with Crippen molar-refractivity contribution in [1.82, 2.24) is 0 Å². The molecule has 0 spiro atoms. The standard InChI is InChI=1S/C13H14O/c1-2-7-13(14)11-6-10-12-8-4-3-5-9-12/h1,3-5,8-9H,6-7,10-11H2. The Morgan fingerprint density at radius 2 is 2.00 bits per heavy atom. The number of terminal acetylenes is 1.